The van der Waals surface area contributed by atoms with Crippen LogP contribution in [0.5, 0.6) is 5.75 Å². The van der Waals surface area contributed by atoms with Gasteiger partial charge in [0.25, 0.3) is 0 Å². The molecule has 0 fully saturated rings. The summed E-state index contributed by atoms with van der Waals surface area (Å²) in [5.74, 6) is 3.29. The second-order valence-electron chi connectivity index (χ2n) is 4.55. The molecule has 1 aromatic carbocycles. The summed E-state index contributed by atoms with van der Waals surface area (Å²) in [6.07, 6.45) is 7.49. The molecule has 0 aliphatic heterocycles. The van der Waals surface area contributed by atoms with Gasteiger partial charge < -0.3 is 4.74 Å². The highest BCUT2D eigenvalue weighted by atomic mass is 16.5. The van der Waals surface area contributed by atoms with Crippen LogP contribution in [0.3, 0.4) is 0 Å². The van der Waals surface area contributed by atoms with Gasteiger partial charge in [-0.05, 0) is 25.0 Å². The largest absolute Gasteiger partial charge is 0.480 e. The van der Waals surface area contributed by atoms with E-state index in [1.165, 1.54) is 0 Å². The van der Waals surface area contributed by atoms with Gasteiger partial charge in [-0.15, -0.1) is 6.42 Å². The summed E-state index contributed by atoms with van der Waals surface area (Å²) in [7, 11) is 0. The van der Waals surface area contributed by atoms with Gasteiger partial charge in [0.05, 0.1) is 5.52 Å². The van der Waals surface area contributed by atoms with Crippen molar-refractivity contribution < 1.29 is 9.53 Å². The molecular formula is C16H13NO2. The van der Waals surface area contributed by atoms with Crippen LogP contribution in [0.25, 0.3) is 10.9 Å². The summed E-state index contributed by atoms with van der Waals surface area (Å²) in [6, 6.07) is 7.68. The number of aromatic nitrogens is 1. The third-order valence-electron chi connectivity index (χ3n) is 3.34. The van der Waals surface area contributed by atoms with Crippen molar-refractivity contribution >= 4 is 16.7 Å². The lowest BCUT2D eigenvalue weighted by Gasteiger charge is -2.19. The maximum absolute atomic E-state index is 12.0. The van der Waals surface area contributed by atoms with Crippen LogP contribution in [-0.2, 0) is 6.42 Å². The molecule has 0 saturated carbocycles. The number of benzene rings is 1. The van der Waals surface area contributed by atoms with E-state index in [0.717, 1.165) is 35.1 Å². The first-order valence-electron chi connectivity index (χ1n) is 6.32. The topological polar surface area (TPSA) is 39.2 Å². The molecule has 3 rings (SSSR count). The van der Waals surface area contributed by atoms with Crippen LogP contribution in [0, 0.1) is 12.3 Å². The first kappa shape index (κ1) is 11.7. The first-order chi connectivity index (χ1) is 9.31. The fourth-order valence-electron chi connectivity index (χ4n) is 2.51. The molecule has 3 heteroatoms. The highest BCUT2D eigenvalue weighted by molar-refractivity contribution is 6.01. The smallest absolute Gasteiger partial charge is 0.181 e. The minimum atomic E-state index is 0.0950. The Bertz CT molecular complexity index is 698. The second-order valence-corrected chi connectivity index (χ2v) is 4.55. The third-order valence-corrected chi connectivity index (χ3v) is 3.34. The molecule has 0 bridgehead atoms. The van der Waals surface area contributed by atoms with E-state index in [4.69, 9.17) is 11.2 Å². The second kappa shape index (κ2) is 4.74. The molecule has 0 unspecified atom stereocenters. The molecule has 0 radical (unpaired) electrons. The van der Waals surface area contributed by atoms with E-state index in [1.54, 1.807) is 0 Å². The number of Topliss-reactive ketones (excluding diaryl/α,β-unsaturated/α-hetero) is 1. The van der Waals surface area contributed by atoms with Crippen LogP contribution in [0.4, 0.5) is 0 Å². The highest BCUT2D eigenvalue weighted by Gasteiger charge is 2.24. The predicted octanol–water partition coefficient (Wildman–Crippen LogP) is 2.77. The zero-order valence-electron chi connectivity index (χ0n) is 10.5. The molecule has 0 amide bonds. The number of pyridine rings is 1. The number of ether oxygens (including phenoxy) is 1. The van der Waals surface area contributed by atoms with Crippen LogP contribution in [0.1, 0.15) is 28.9 Å². The van der Waals surface area contributed by atoms with Crippen LogP contribution < -0.4 is 4.74 Å². The molecule has 2 aromatic rings. The summed E-state index contributed by atoms with van der Waals surface area (Å²) in [5.41, 5.74) is 2.24. The van der Waals surface area contributed by atoms with Crippen LogP contribution in [-0.4, -0.2) is 17.4 Å². The molecule has 1 heterocycles. The fourth-order valence-corrected chi connectivity index (χ4v) is 2.51. The van der Waals surface area contributed by atoms with Crippen molar-refractivity contribution in [2.75, 3.05) is 6.61 Å². The number of nitrogens with zero attached hydrogens (tertiary/aromatic N) is 1. The Kier molecular flexibility index (Phi) is 2.92. The van der Waals surface area contributed by atoms with E-state index in [1.807, 2.05) is 24.3 Å². The molecule has 0 N–H and O–H groups in total. The fraction of sp³-hybridized carbons (Fsp3) is 0.250. The van der Waals surface area contributed by atoms with E-state index in [9.17, 15) is 4.79 Å². The van der Waals surface area contributed by atoms with Gasteiger partial charge in [-0.25, -0.2) is 4.98 Å². The first-order valence-corrected chi connectivity index (χ1v) is 6.32. The van der Waals surface area contributed by atoms with Gasteiger partial charge in [-0.2, -0.15) is 0 Å². The predicted molar refractivity (Wildman–Crippen MR) is 73.3 cm³/mol. The molecule has 1 aliphatic carbocycles. The average Bonchev–Trinajstić information content (AvgIpc) is 2.44. The van der Waals surface area contributed by atoms with E-state index in [-0.39, 0.29) is 12.4 Å². The Balaban J connectivity index is 2.28. The van der Waals surface area contributed by atoms with Crippen molar-refractivity contribution in [2.24, 2.45) is 0 Å². The Morgan fingerprint density at radius 2 is 2.16 bits per heavy atom. The van der Waals surface area contributed by atoms with Gasteiger partial charge in [-0.1, -0.05) is 18.1 Å². The zero-order valence-corrected chi connectivity index (χ0v) is 10.5. The molecule has 19 heavy (non-hydrogen) atoms. The van der Waals surface area contributed by atoms with Crippen molar-refractivity contribution in [1.29, 1.82) is 0 Å². The normalized spacial score (nSPS) is 13.9. The number of hydrogen-bond donors (Lipinski definition) is 0. The lowest BCUT2D eigenvalue weighted by molar-refractivity contribution is 0.0966. The average molecular weight is 251 g/mol. The quantitative estimate of drug-likeness (QED) is 0.770. The number of carbonyl (C=O) groups is 1. The SMILES string of the molecule is C#CCOc1c2c(nc3ccccc13)C(=O)CCC2. The maximum atomic E-state index is 12.0. The van der Waals surface area contributed by atoms with E-state index < -0.39 is 0 Å². The van der Waals surface area contributed by atoms with Gasteiger partial charge >= 0.3 is 0 Å². The standard InChI is InChI=1S/C16H13NO2/c1-2-10-19-16-11-6-3-4-8-13(11)17-15-12(16)7-5-9-14(15)18/h1,3-4,6,8H,5,7,9-10H2. The van der Waals surface area contributed by atoms with Crippen LogP contribution >= 0.6 is 0 Å². The zero-order chi connectivity index (χ0) is 13.2. The van der Waals surface area contributed by atoms with Gasteiger partial charge in [0.15, 0.2) is 5.78 Å². The number of terminal acetylenes is 1. The van der Waals surface area contributed by atoms with Gasteiger partial charge in [0.1, 0.15) is 18.1 Å². The molecular weight excluding hydrogens is 238 g/mol. The van der Waals surface area contributed by atoms with Crippen molar-refractivity contribution in [3.8, 4) is 18.1 Å². The number of hydrogen-bond acceptors (Lipinski definition) is 3. The van der Waals surface area contributed by atoms with E-state index >= 15 is 0 Å². The van der Waals surface area contributed by atoms with E-state index in [0.29, 0.717) is 12.1 Å². The number of fused-ring (bicyclic) bond motifs is 2. The van der Waals surface area contributed by atoms with Gasteiger partial charge in [0, 0.05) is 17.4 Å². The third kappa shape index (κ3) is 1.96. The molecule has 94 valence electrons. The molecule has 1 aliphatic rings. The molecule has 0 spiro atoms. The van der Waals surface area contributed by atoms with Crippen molar-refractivity contribution in [3.63, 3.8) is 0 Å². The number of rotatable bonds is 2. The maximum Gasteiger partial charge on any atom is 0.181 e. The Morgan fingerprint density at radius 1 is 1.32 bits per heavy atom. The molecule has 0 saturated heterocycles. The van der Waals surface area contributed by atoms with Crippen LogP contribution in [0.2, 0.25) is 0 Å². The summed E-state index contributed by atoms with van der Waals surface area (Å²) in [5, 5.41) is 0.922. The summed E-state index contributed by atoms with van der Waals surface area (Å²) >= 11 is 0. The monoisotopic (exact) mass is 251 g/mol. The lowest BCUT2D eigenvalue weighted by Crippen LogP contribution is -2.15. The van der Waals surface area contributed by atoms with Crippen molar-refractivity contribution in [1.82, 2.24) is 4.98 Å². The Morgan fingerprint density at radius 3 is 3.00 bits per heavy atom. The molecule has 0 atom stereocenters. The van der Waals surface area contributed by atoms with Gasteiger partial charge in [-0.3, -0.25) is 4.79 Å². The number of para-hydroxylation sites is 1. The molecule has 1 aromatic heterocycles. The van der Waals surface area contributed by atoms with Gasteiger partial charge in [0.2, 0.25) is 0 Å². The van der Waals surface area contributed by atoms with Crippen molar-refractivity contribution in [3.05, 3.63) is 35.5 Å². The Labute approximate surface area is 111 Å². The summed E-state index contributed by atoms with van der Waals surface area (Å²) < 4.78 is 5.69. The number of ketones is 1. The van der Waals surface area contributed by atoms with Crippen LogP contribution in [0.15, 0.2) is 24.3 Å². The minimum Gasteiger partial charge on any atom is -0.480 e. The van der Waals surface area contributed by atoms with E-state index in [2.05, 4.69) is 10.9 Å². The van der Waals surface area contributed by atoms with Crippen molar-refractivity contribution in [2.45, 2.75) is 19.3 Å². The highest BCUT2D eigenvalue weighted by Crippen LogP contribution is 2.34. The summed E-state index contributed by atoms with van der Waals surface area (Å²) in [4.78, 5) is 16.5. The Hall–Kier alpha value is -2.34. The molecule has 3 nitrogen and oxygen atoms in total. The summed E-state index contributed by atoms with van der Waals surface area (Å²) in [6.45, 7) is 0.203. The lowest BCUT2D eigenvalue weighted by atomic mass is 9.92. The minimum absolute atomic E-state index is 0.0950. The number of carbonyl (C=O) groups excluding carboxylic acids is 1.